The molecular formula is C30H26ClN3O7. The summed E-state index contributed by atoms with van der Waals surface area (Å²) in [4.78, 5) is 30.3. The molecule has 0 aliphatic heterocycles. The van der Waals surface area contributed by atoms with Crippen LogP contribution in [0, 0.1) is 0 Å². The highest BCUT2D eigenvalue weighted by atomic mass is 35.5. The summed E-state index contributed by atoms with van der Waals surface area (Å²) in [5.74, 6) is 0.828. The molecule has 2 aromatic heterocycles. The molecule has 0 unspecified atom stereocenters. The van der Waals surface area contributed by atoms with Crippen LogP contribution in [0.25, 0.3) is 33.5 Å². The number of benzene rings is 3. The molecule has 3 aromatic carbocycles. The number of aromatic nitrogens is 2. The molecule has 0 saturated carbocycles. The van der Waals surface area contributed by atoms with E-state index >= 15 is 0 Å². The Morgan fingerprint density at radius 2 is 1.80 bits per heavy atom. The number of nitrogens with zero attached hydrogens (tertiary/aromatic N) is 3. The van der Waals surface area contributed by atoms with Crippen LogP contribution in [0.3, 0.4) is 0 Å². The number of methoxy groups -OCH3 is 2. The van der Waals surface area contributed by atoms with E-state index in [1.54, 1.807) is 74.5 Å². The molecule has 0 atom stereocenters. The minimum atomic E-state index is -0.529. The molecule has 10 nitrogen and oxygen atoms in total. The Kier molecular flexibility index (Phi) is 7.93. The van der Waals surface area contributed by atoms with E-state index in [1.165, 1.54) is 25.1 Å². The van der Waals surface area contributed by atoms with Crippen LogP contribution in [0.5, 0.6) is 17.2 Å². The average molecular weight is 576 g/mol. The van der Waals surface area contributed by atoms with Crippen molar-refractivity contribution < 1.29 is 28.2 Å². The van der Waals surface area contributed by atoms with Gasteiger partial charge in [0.05, 0.1) is 37.4 Å². The van der Waals surface area contributed by atoms with Crippen molar-refractivity contribution in [3.05, 3.63) is 81.6 Å². The van der Waals surface area contributed by atoms with Gasteiger partial charge in [-0.15, -0.1) is 0 Å². The zero-order valence-corrected chi connectivity index (χ0v) is 23.5. The van der Waals surface area contributed by atoms with Crippen LogP contribution in [0.15, 0.2) is 75.0 Å². The molecule has 11 heteroatoms. The summed E-state index contributed by atoms with van der Waals surface area (Å²) in [7, 11) is 2.91. The summed E-state index contributed by atoms with van der Waals surface area (Å²) in [6, 6.07) is 17.3. The van der Waals surface area contributed by atoms with E-state index in [0.717, 1.165) is 5.39 Å². The fraction of sp³-hybridized carbons (Fsp3) is 0.200. The fourth-order valence-corrected chi connectivity index (χ4v) is 4.36. The first-order valence-electron chi connectivity index (χ1n) is 12.6. The number of fused-ring (bicyclic) bond motifs is 2. The predicted octanol–water partition coefficient (Wildman–Crippen LogP) is 5.69. The molecule has 0 bridgehead atoms. The van der Waals surface area contributed by atoms with E-state index in [-0.39, 0.29) is 29.8 Å². The lowest BCUT2D eigenvalue weighted by atomic mass is 10.2. The van der Waals surface area contributed by atoms with Crippen molar-refractivity contribution in [2.75, 3.05) is 20.8 Å². The number of hydrogen-bond donors (Lipinski definition) is 0. The summed E-state index contributed by atoms with van der Waals surface area (Å²) in [5, 5.41) is 6.18. The molecule has 0 radical (unpaired) electrons. The van der Waals surface area contributed by atoms with Gasteiger partial charge >= 0.3 is 5.97 Å². The Morgan fingerprint density at radius 3 is 2.51 bits per heavy atom. The molecular weight excluding hydrogens is 550 g/mol. The lowest BCUT2D eigenvalue weighted by Crippen LogP contribution is -2.20. The van der Waals surface area contributed by atoms with Gasteiger partial charge in [0.1, 0.15) is 5.58 Å². The standard InChI is InChI=1S/C30H26ClN3O7/c1-17(2)40-27(35)16-39-28-24(37-3)11-18(12-25(28)38-4)15-32-34-29(33-22-8-6-5-7-21(22)30(34)36)26-14-19-13-20(31)9-10-23(19)41-26/h5-15,17H,16H2,1-4H3. The number of halogens is 1. The first-order valence-corrected chi connectivity index (χ1v) is 13.0. The van der Waals surface area contributed by atoms with E-state index in [9.17, 15) is 9.59 Å². The monoisotopic (exact) mass is 575 g/mol. The molecule has 0 saturated heterocycles. The molecule has 41 heavy (non-hydrogen) atoms. The van der Waals surface area contributed by atoms with Crippen LogP contribution in [0.1, 0.15) is 19.4 Å². The van der Waals surface area contributed by atoms with Crippen LogP contribution in [-0.2, 0) is 9.53 Å². The second-order valence-corrected chi connectivity index (χ2v) is 9.63. The Hall–Kier alpha value is -4.83. The number of ether oxygens (including phenoxy) is 4. The second kappa shape index (κ2) is 11.7. The van der Waals surface area contributed by atoms with Crippen LogP contribution in [0.2, 0.25) is 5.02 Å². The molecule has 5 rings (SSSR count). The second-order valence-electron chi connectivity index (χ2n) is 9.19. The maximum atomic E-state index is 13.6. The third-order valence-electron chi connectivity index (χ3n) is 5.96. The molecule has 0 N–H and O–H groups in total. The SMILES string of the molecule is COc1cc(C=Nn2c(-c3cc4cc(Cl)ccc4o3)nc3ccccc3c2=O)cc(OC)c1OCC(=O)OC(C)C. The number of furan rings is 1. The quantitative estimate of drug-likeness (QED) is 0.163. The van der Waals surface area contributed by atoms with Crippen LogP contribution < -0.4 is 19.8 Å². The Morgan fingerprint density at radius 1 is 1.07 bits per heavy atom. The summed E-state index contributed by atoms with van der Waals surface area (Å²) in [6.45, 7) is 3.17. The summed E-state index contributed by atoms with van der Waals surface area (Å²) in [5.41, 5.74) is 1.23. The zero-order chi connectivity index (χ0) is 29.1. The number of esters is 1. The number of carbonyl (C=O) groups excluding carboxylic acids is 1. The number of hydrogen-bond acceptors (Lipinski definition) is 9. The first kappa shape index (κ1) is 27.7. The summed E-state index contributed by atoms with van der Waals surface area (Å²) < 4.78 is 28.9. The molecule has 0 spiro atoms. The summed E-state index contributed by atoms with van der Waals surface area (Å²) in [6.07, 6.45) is 1.19. The van der Waals surface area contributed by atoms with Gasteiger partial charge in [0.15, 0.2) is 23.9 Å². The van der Waals surface area contributed by atoms with Crippen molar-refractivity contribution in [2.24, 2.45) is 5.10 Å². The number of rotatable bonds is 9. The molecule has 210 valence electrons. The van der Waals surface area contributed by atoms with Crippen molar-refractivity contribution in [1.29, 1.82) is 0 Å². The third kappa shape index (κ3) is 5.87. The van der Waals surface area contributed by atoms with Gasteiger partial charge < -0.3 is 23.4 Å². The molecule has 2 heterocycles. The van der Waals surface area contributed by atoms with E-state index in [4.69, 9.17) is 35.0 Å². The van der Waals surface area contributed by atoms with Gasteiger partial charge in [0, 0.05) is 16.0 Å². The van der Waals surface area contributed by atoms with Gasteiger partial charge in [-0.2, -0.15) is 9.78 Å². The van der Waals surface area contributed by atoms with Crippen LogP contribution in [0.4, 0.5) is 0 Å². The van der Waals surface area contributed by atoms with Gasteiger partial charge in [-0.25, -0.2) is 9.78 Å². The smallest absolute Gasteiger partial charge is 0.344 e. The lowest BCUT2D eigenvalue weighted by molar-refractivity contribution is -0.149. The van der Waals surface area contributed by atoms with Gasteiger partial charge in [-0.05, 0) is 62.4 Å². The van der Waals surface area contributed by atoms with Gasteiger partial charge in [0.25, 0.3) is 5.56 Å². The fourth-order valence-electron chi connectivity index (χ4n) is 4.18. The number of carbonyl (C=O) groups is 1. The van der Waals surface area contributed by atoms with Crippen molar-refractivity contribution in [2.45, 2.75) is 20.0 Å². The van der Waals surface area contributed by atoms with Gasteiger partial charge in [-0.1, -0.05) is 23.7 Å². The topological polar surface area (TPSA) is 114 Å². The molecule has 0 aliphatic rings. The maximum Gasteiger partial charge on any atom is 0.344 e. The molecule has 5 aromatic rings. The highest BCUT2D eigenvalue weighted by Gasteiger charge is 2.19. The Labute approximate surface area is 239 Å². The molecule has 0 aliphatic carbocycles. The zero-order valence-electron chi connectivity index (χ0n) is 22.7. The maximum absolute atomic E-state index is 13.6. The largest absolute Gasteiger partial charge is 0.493 e. The van der Waals surface area contributed by atoms with Crippen molar-refractivity contribution in [1.82, 2.24) is 9.66 Å². The Bertz CT molecular complexity index is 1820. The van der Waals surface area contributed by atoms with E-state index in [0.29, 0.717) is 44.3 Å². The van der Waals surface area contributed by atoms with Crippen molar-refractivity contribution >= 4 is 45.7 Å². The third-order valence-corrected chi connectivity index (χ3v) is 6.19. The lowest BCUT2D eigenvalue weighted by Gasteiger charge is -2.15. The predicted molar refractivity (Wildman–Crippen MR) is 155 cm³/mol. The average Bonchev–Trinajstić information content (AvgIpc) is 3.38. The van der Waals surface area contributed by atoms with Crippen LogP contribution >= 0.6 is 11.6 Å². The highest BCUT2D eigenvalue weighted by molar-refractivity contribution is 6.31. The summed E-state index contributed by atoms with van der Waals surface area (Å²) >= 11 is 6.15. The minimum Gasteiger partial charge on any atom is -0.493 e. The molecule has 0 fully saturated rings. The minimum absolute atomic E-state index is 0.208. The van der Waals surface area contributed by atoms with E-state index in [2.05, 4.69) is 10.1 Å². The number of para-hydroxylation sites is 1. The Balaban J connectivity index is 1.57. The van der Waals surface area contributed by atoms with E-state index < -0.39 is 5.97 Å². The van der Waals surface area contributed by atoms with Crippen LogP contribution in [-0.4, -0.2) is 48.8 Å². The van der Waals surface area contributed by atoms with E-state index in [1.807, 2.05) is 0 Å². The highest BCUT2D eigenvalue weighted by Crippen LogP contribution is 2.38. The normalized spacial score (nSPS) is 11.5. The van der Waals surface area contributed by atoms with Crippen molar-refractivity contribution in [3.8, 4) is 28.8 Å². The van der Waals surface area contributed by atoms with Gasteiger partial charge in [0.2, 0.25) is 11.6 Å². The van der Waals surface area contributed by atoms with Gasteiger partial charge in [-0.3, -0.25) is 4.79 Å². The first-order chi connectivity index (χ1) is 19.8. The molecule has 0 amide bonds. The van der Waals surface area contributed by atoms with Crippen molar-refractivity contribution in [3.63, 3.8) is 0 Å².